The number of nitro benzene ring substituents is 2. The molecule has 1 amide bonds. The summed E-state index contributed by atoms with van der Waals surface area (Å²) in [6, 6.07) is 6.47. The first-order chi connectivity index (χ1) is 15.6. The first-order valence-electron chi connectivity index (χ1n) is 10.2. The zero-order valence-corrected chi connectivity index (χ0v) is 19.9. The van der Waals surface area contributed by atoms with Crippen LogP contribution in [0.5, 0.6) is 0 Å². The number of nitrogens with zero attached hydrogens (tertiary/aromatic N) is 5. The SMILES string of the molecule is CCN(CC)CCN(C(=O)c1cc([N+](=O)[O-])cc([N+](=O)[O-])c1)c1nc2c(C)cc(Cl)cc2s1. The molecule has 0 aliphatic rings. The van der Waals surface area contributed by atoms with Gasteiger partial charge in [-0.3, -0.25) is 29.9 Å². The molecular formula is C21H22ClN5O5S. The van der Waals surface area contributed by atoms with Crippen LogP contribution >= 0.6 is 22.9 Å². The van der Waals surface area contributed by atoms with E-state index in [1.54, 1.807) is 12.1 Å². The van der Waals surface area contributed by atoms with Crippen molar-refractivity contribution in [3.8, 4) is 0 Å². The monoisotopic (exact) mass is 491 g/mol. The molecule has 2 aromatic carbocycles. The number of carbonyl (C=O) groups excluding carboxylic acids is 1. The van der Waals surface area contributed by atoms with E-state index in [1.165, 1.54) is 16.2 Å². The molecule has 0 aliphatic heterocycles. The molecule has 174 valence electrons. The fraction of sp³-hybridized carbons (Fsp3) is 0.333. The van der Waals surface area contributed by atoms with Gasteiger partial charge in [-0.1, -0.05) is 36.8 Å². The number of halogens is 1. The van der Waals surface area contributed by atoms with Crippen LogP contribution in [0.4, 0.5) is 16.5 Å². The lowest BCUT2D eigenvalue weighted by Crippen LogP contribution is -2.39. The topological polar surface area (TPSA) is 123 Å². The van der Waals surface area contributed by atoms with Crippen LogP contribution in [-0.4, -0.2) is 51.8 Å². The number of non-ortho nitro benzene ring substituents is 2. The third kappa shape index (κ3) is 5.44. The second-order valence-electron chi connectivity index (χ2n) is 7.30. The molecule has 0 N–H and O–H groups in total. The molecule has 3 rings (SSSR count). The van der Waals surface area contributed by atoms with Crippen LogP contribution < -0.4 is 4.90 Å². The number of likely N-dealkylation sites (N-methyl/N-ethyl adjacent to an activating group) is 1. The van der Waals surface area contributed by atoms with Gasteiger partial charge in [0.1, 0.15) is 0 Å². The lowest BCUT2D eigenvalue weighted by molar-refractivity contribution is -0.394. The van der Waals surface area contributed by atoms with E-state index in [2.05, 4.69) is 9.88 Å². The average Bonchev–Trinajstić information content (AvgIpc) is 3.20. The van der Waals surface area contributed by atoms with Gasteiger partial charge >= 0.3 is 0 Å². The van der Waals surface area contributed by atoms with Crippen molar-refractivity contribution in [3.05, 3.63) is 66.7 Å². The Morgan fingerprint density at radius 3 is 2.18 bits per heavy atom. The average molecular weight is 492 g/mol. The van der Waals surface area contributed by atoms with E-state index in [-0.39, 0.29) is 12.1 Å². The van der Waals surface area contributed by atoms with E-state index in [4.69, 9.17) is 11.6 Å². The second-order valence-corrected chi connectivity index (χ2v) is 8.75. The molecule has 0 radical (unpaired) electrons. The Bertz CT molecular complexity index is 1190. The van der Waals surface area contributed by atoms with E-state index in [9.17, 15) is 25.0 Å². The van der Waals surface area contributed by atoms with Crippen molar-refractivity contribution in [1.29, 1.82) is 0 Å². The maximum Gasteiger partial charge on any atom is 0.277 e. The van der Waals surface area contributed by atoms with Gasteiger partial charge in [0.25, 0.3) is 17.3 Å². The van der Waals surface area contributed by atoms with Gasteiger partial charge in [-0.15, -0.1) is 0 Å². The van der Waals surface area contributed by atoms with Gasteiger partial charge in [-0.05, 0) is 37.7 Å². The second kappa shape index (κ2) is 10.2. The third-order valence-electron chi connectivity index (χ3n) is 5.22. The highest BCUT2D eigenvalue weighted by Gasteiger charge is 2.26. The van der Waals surface area contributed by atoms with Crippen LogP contribution in [0.2, 0.25) is 5.02 Å². The zero-order valence-electron chi connectivity index (χ0n) is 18.3. The predicted octanol–water partition coefficient (Wildman–Crippen LogP) is 5.06. The number of hydrogen-bond acceptors (Lipinski definition) is 8. The lowest BCUT2D eigenvalue weighted by Gasteiger charge is -2.24. The van der Waals surface area contributed by atoms with E-state index in [0.29, 0.717) is 22.2 Å². The van der Waals surface area contributed by atoms with E-state index in [0.717, 1.165) is 41.6 Å². The van der Waals surface area contributed by atoms with Crippen LogP contribution in [-0.2, 0) is 0 Å². The van der Waals surface area contributed by atoms with Crippen LogP contribution in [0.15, 0.2) is 30.3 Å². The van der Waals surface area contributed by atoms with Crippen LogP contribution in [0.1, 0.15) is 29.8 Å². The Morgan fingerprint density at radius 1 is 1.03 bits per heavy atom. The summed E-state index contributed by atoms with van der Waals surface area (Å²) in [5.41, 5.74) is 0.350. The molecule has 10 nitrogen and oxygen atoms in total. The van der Waals surface area contributed by atoms with Crippen LogP contribution in [0.25, 0.3) is 10.2 Å². The van der Waals surface area contributed by atoms with Crippen molar-refractivity contribution >= 4 is 55.6 Å². The highest BCUT2D eigenvalue weighted by Crippen LogP contribution is 2.34. The third-order valence-corrected chi connectivity index (χ3v) is 6.46. The van der Waals surface area contributed by atoms with Crippen molar-refractivity contribution in [1.82, 2.24) is 9.88 Å². The fourth-order valence-corrected chi connectivity index (χ4v) is 4.85. The highest BCUT2D eigenvalue weighted by molar-refractivity contribution is 7.22. The number of aryl methyl sites for hydroxylation is 1. The number of fused-ring (bicyclic) bond motifs is 1. The smallest absolute Gasteiger partial charge is 0.277 e. The first-order valence-corrected chi connectivity index (χ1v) is 11.4. The van der Waals surface area contributed by atoms with Gasteiger partial charge in [-0.25, -0.2) is 4.98 Å². The number of aromatic nitrogens is 1. The zero-order chi connectivity index (χ0) is 24.3. The first kappa shape index (κ1) is 24.5. The number of anilines is 1. The van der Waals surface area contributed by atoms with Gasteiger partial charge in [0.05, 0.1) is 31.7 Å². The molecule has 0 aliphatic carbocycles. The molecule has 3 aromatic rings. The molecule has 0 saturated carbocycles. The number of benzene rings is 2. The molecule has 0 spiro atoms. The summed E-state index contributed by atoms with van der Waals surface area (Å²) in [5.74, 6) is -0.600. The maximum absolute atomic E-state index is 13.5. The van der Waals surface area contributed by atoms with E-state index in [1.807, 2.05) is 20.8 Å². The van der Waals surface area contributed by atoms with Gasteiger partial charge < -0.3 is 4.90 Å². The minimum absolute atomic E-state index is 0.149. The number of nitro groups is 2. The Balaban J connectivity index is 2.10. The molecule has 1 heterocycles. The summed E-state index contributed by atoms with van der Waals surface area (Å²) >= 11 is 7.44. The lowest BCUT2D eigenvalue weighted by atomic mass is 10.1. The fourth-order valence-electron chi connectivity index (χ4n) is 3.41. The highest BCUT2D eigenvalue weighted by atomic mass is 35.5. The summed E-state index contributed by atoms with van der Waals surface area (Å²) in [6.45, 7) is 8.20. The van der Waals surface area contributed by atoms with Crippen LogP contribution in [0, 0.1) is 27.2 Å². The number of amides is 1. The standard InChI is InChI=1S/C21H22ClN5O5S/c1-4-24(5-2)6-7-25(21-23-19-13(3)8-15(22)11-18(19)33-21)20(28)14-9-16(26(29)30)12-17(10-14)27(31)32/h8-12H,4-7H2,1-3H3. The molecule has 12 heteroatoms. The predicted molar refractivity (Wildman–Crippen MR) is 129 cm³/mol. The summed E-state index contributed by atoms with van der Waals surface area (Å²) < 4.78 is 0.792. The molecule has 1 aromatic heterocycles. The van der Waals surface area contributed by atoms with E-state index < -0.39 is 27.1 Å². The number of carbonyl (C=O) groups is 1. The van der Waals surface area contributed by atoms with Crippen molar-refractivity contribution in [3.63, 3.8) is 0 Å². The number of hydrogen-bond donors (Lipinski definition) is 0. The molecule has 33 heavy (non-hydrogen) atoms. The summed E-state index contributed by atoms with van der Waals surface area (Å²) in [4.78, 5) is 42.8. The minimum atomic E-state index is -0.757. The maximum atomic E-state index is 13.5. The summed E-state index contributed by atoms with van der Waals surface area (Å²) in [5, 5.41) is 23.5. The van der Waals surface area contributed by atoms with Crippen molar-refractivity contribution < 1.29 is 14.6 Å². The van der Waals surface area contributed by atoms with Gasteiger partial charge in [0.2, 0.25) is 0 Å². The summed E-state index contributed by atoms with van der Waals surface area (Å²) in [6.07, 6.45) is 0. The largest absolute Gasteiger partial charge is 0.302 e. The van der Waals surface area contributed by atoms with Crippen molar-refractivity contribution in [2.24, 2.45) is 0 Å². The van der Waals surface area contributed by atoms with Crippen LogP contribution in [0.3, 0.4) is 0 Å². The molecule has 0 saturated heterocycles. The molecule has 0 atom stereocenters. The van der Waals surface area contributed by atoms with Gasteiger partial charge in [0.15, 0.2) is 5.13 Å². The molecular weight excluding hydrogens is 470 g/mol. The molecule has 0 fully saturated rings. The number of rotatable bonds is 9. The van der Waals surface area contributed by atoms with Crippen molar-refractivity contribution in [2.75, 3.05) is 31.1 Å². The van der Waals surface area contributed by atoms with Crippen molar-refractivity contribution in [2.45, 2.75) is 20.8 Å². The Labute approximate surface area is 198 Å². The summed E-state index contributed by atoms with van der Waals surface area (Å²) in [7, 11) is 0. The normalized spacial score (nSPS) is 11.2. The Hall–Kier alpha value is -3.15. The van der Waals surface area contributed by atoms with E-state index >= 15 is 0 Å². The minimum Gasteiger partial charge on any atom is -0.302 e. The molecule has 0 bridgehead atoms. The number of thiazole rings is 1. The van der Waals surface area contributed by atoms with Gasteiger partial charge in [-0.2, -0.15) is 0 Å². The molecule has 0 unspecified atom stereocenters. The Kier molecular flexibility index (Phi) is 7.57. The quantitative estimate of drug-likeness (QED) is 0.302. The van der Waals surface area contributed by atoms with Gasteiger partial charge in [0, 0.05) is 30.2 Å². The Morgan fingerprint density at radius 2 is 1.64 bits per heavy atom.